The Labute approximate surface area is 100 Å². The normalized spacial score (nSPS) is 11.2. The maximum Gasteiger partial charge on any atom is 0.346 e. The minimum atomic E-state index is -0.495. The van der Waals surface area contributed by atoms with E-state index in [1.54, 1.807) is 16.5 Å². The van der Waals surface area contributed by atoms with Crippen LogP contribution in [0.3, 0.4) is 0 Å². The standard InChI is InChI=1S/C12H8N2O4/c1-7-2-5-11-13(7)10-6-8(14(16)17)3-4-9(10)12(15)18-11/h2-6H,1H3. The van der Waals surface area contributed by atoms with E-state index in [-0.39, 0.29) is 5.69 Å². The third-order valence-electron chi connectivity index (χ3n) is 2.89. The lowest BCUT2D eigenvalue weighted by molar-refractivity contribution is -0.384. The van der Waals surface area contributed by atoms with E-state index >= 15 is 0 Å². The van der Waals surface area contributed by atoms with Crippen molar-refractivity contribution in [3.05, 3.63) is 56.6 Å². The summed E-state index contributed by atoms with van der Waals surface area (Å²) < 4.78 is 6.82. The van der Waals surface area contributed by atoms with Gasteiger partial charge in [-0.1, -0.05) is 0 Å². The molecule has 1 aromatic carbocycles. The van der Waals surface area contributed by atoms with Crippen LogP contribution in [0.1, 0.15) is 5.69 Å². The summed E-state index contributed by atoms with van der Waals surface area (Å²) in [6.45, 7) is 1.84. The first-order valence-corrected chi connectivity index (χ1v) is 5.27. The number of hydrogen-bond donors (Lipinski definition) is 0. The van der Waals surface area contributed by atoms with Crippen molar-refractivity contribution < 1.29 is 9.34 Å². The molecule has 0 saturated heterocycles. The van der Waals surface area contributed by atoms with E-state index in [0.29, 0.717) is 16.6 Å². The first-order chi connectivity index (χ1) is 8.58. The Kier molecular flexibility index (Phi) is 2.00. The number of nitro benzene ring substituents is 1. The topological polar surface area (TPSA) is 77.8 Å². The molecule has 0 unspecified atom stereocenters. The number of aromatic nitrogens is 1. The number of nitrogens with zero attached hydrogens (tertiary/aromatic N) is 2. The third-order valence-corrected chi connectivity index (χ3v) is 2.89. The second-order valence-corrected chi connectivity index (χ2v) is 4.00. The highest BCUT2D eigenvalue weighted by atomic mass is 16.6. The van der Waals surface area contributed by atoms with E-state index in [2.05, 4.69) is 0 Å². The van der Waals surface area contributed by atoms with Gasteiger partial charge in [0, 0.05) is 23.9 Å². The predicted octanol–water partition coefficient (Wildman–Crippen LogP) is 2.26. The van der Waals surface area contributed by atoms with Gasteiger partial charge in [-0.3, -0.25) is 14.5 Å². The lowest BCUT2D eigenvalue weighted by Crippen LogP contribution is -2.04. The molecule has 0 atom stereocenters. The average Bonchev–Trinajstić information content (AvgIpc) is 2.70. The minimum Gasteiger partial charge on any atom is -0.405 e. The highest BCUT2D eigenvalue weighted by Crippen LogP contribution is 2.21. The molecule has 0 bridgehead atoms. The summed E-state index contributed by atoms with van der Waals surface area (Å²) in [5.74, 6) is 0. The molecular formula is C12H8N2O4. The number of benzene rings is 1. The molecule has 90 valence electrons. The van der Waals surface area contributed by atoms with Crippen molar-refractivity contribution in [1.82, 2.24) is 4.40 Å². The number of aryl methyl sites for hydroxylation is 1. The monoisotopic (exact) mass is 244 g/mol. The number of non-ortho nitro benzene ring substituents is 1. The molecule has 0 aliphatic rings. The zero-order valence-electron chi connectivity index (χ0n) is 9.41. The van der Waals surface area contributed by atoms with E-state index in [0.717, 1.165) is 5.69 Å². The molecule has 6 nitrogen and oxygen atoms in total. The first-order valence-electron chi connectivity index (χ1n) is 5.27. The Morgan fingerprint density at radius 2 is 2.06 bits per heavy atom. The van der Waals surface area contributed by atoms with Crippen molar-refractivity contribution in [2.75, 3.05) is 0 Å². The van der Waals surface area contributed by atoms with Gasteiger partial charge in [0.15, 0.2) is 0 Å². The van der Waals surface area contributed by atoms with Crippen LogP contribution in [0.5, 0.6) is 0 Å². The molecule has 0 fully saturated rings. The summed E-state index contributed by atoms with van der Waals surface area (Å²) in [7, 11) is 0. The molecular weight excluding hydrogens is 236 g/mol. The van der Waals surface area contributed by atoms with Gasteiger partial charge in [0.2, 0.25) is 5.71 Å². The van der Waals surface area contributed by atoms with E-state index in [1.807, 2.05) is 6.92 Å². The summed E-state index contributed by atoms with van der Waals surface area (Å²) in [6, 6.07) is 7.54. The minimum absolute atomic E-state index is 0.0532. The lowest BCUT2D eigenvalue weighted by Gasteiger charge is -2.03. The van der Waals surface area contributed by atoms with Crippen LogP contribution in [0.2, 0.25) is 0 Å². The van der Waals surface area contributed by atoms with Crippen LogP contribution in [-0.2, 0) is 0 Å². The molecule has 0 aliphatic heterocycles. The Morgan fingerprint density at radius 1 is 1.28 bits per heavy atom. The van der Waals surface area contributed by atoms with Crippen molar-refractivity contribution >= 4 is 22.3 Å². The van der Waals surface area contributed by atoms with E-state index in [1.165, 1.54) is 18.2 Å². The van der Waals surface area contributed by atoms with Gasteiger partial charge in [-0.25, -0.2) is 4.79 Å². The fourth-order valence-electron chi connectivity index (χ4n) is 2.04. The van der Waals surface area contributed by atoms with Crippen molar-refractivity contribution in [3.8, 4) is 0 Å². The van der Waals surface area contributed by atoms with Gasteiger partial charge in [0.25, 0.3) is 5.69 Å². The number of nitro groups is 1. The molecule has 0 radical (unpaired) electrons. The largest absolute Gasteiger partial charge is 0.405 e. The van der Waals surface area contributed by atoms with Crippen molar-refractivity contribution in [3.63, 3.8) is 0 Å². The van der Waals surface area contributed by atoms with Gasteiger partial charge in [-0.05, 0) is 19.1 Å². The molecule has 0 saturated carbocycles. The summed E-state index contributed by atoms with van der Waals surface area (Å²) in [5.41, 5.74) is 1.16. The van der Waals surface area contributed by atoms with Crippen LogP contribution in [0.4, 0.5) is 5.69 Å². The lowest BCUT2D eigenvalue weighted by atomic mass is 10.2. The van der Waals surface area contributed by atoms with E-state index in [9.17, 15) is 14.9 Å². The molecule has 6 heteroatoms. The summed E-state index contributed by atoms with van der Waals surface area (Å²) >= 11 is 0. The Hall–Kier alpha value is -2.63. The van der Waals surface area contributed by atoms with Crippen molar-refractivity contribution in [2.24, 2.45) is 0 Å². The van der Waals surface area contributed by atoms with Crippen LogP contribution < -0.4 is 5.63 Å². The number of hydrogen-bond acceptors (Lipinski definition) is 4. The second kappa shape index (κ2) is 3.43. The van der Waals surface area contributed by atoms with Crippen LogP contribution in [-0.4, -0.2) is 9.32 Å². The molecule has 18 heavy (non-hydrogen) atoms. The second-order valence-electron chi connectivity index (χ2n) is 4.00. The molecule has 0 aliphatic carbocycles. The highest BCUT2D eigenvalue weighted by Gasteiger charge is 2.13. The van der Waals surface area contributed by atoms with Gasteiger partial charge < -0.3 is 4.42 Å². The van der Waals surface area contributed by atoms with Crippen molar-refractivity contribution in [1.29, 1.82) is 0 Å². The van der Waals surface area contributed by atoms with Crippen LogP contribution >= 0.6 is 0 Å². The van der Waals surface area contributed by atoms with Crippen molar-refractivity contribution in [2.45, 2.75) is 6.92 Å². The third kappa shape index (κ3) is 1.32. The zero-order chi connectivity index (χ0) is 12.9. The van der Waals surface area contributed by atoms with Crippen LogP contribution in [0, 0.1) is 17.0 Å². The summed E-state index contributed by atoms with van der Waals surface area (Å²) in [5, 5.41) is 11.1. The highest BCUT2D eigenvalue weighted by molar-refractivity contribution is 5.82. The molecule has 3 rings (SSSR count). The fraction of sp³-hybridized carbons (Fsp3) is 0.0833. The first kappa shape index (κ1) is 10.5. The average molecular weight is 244 g/mol. The quantitative estimate of drug-likeness (QED) is 0.486. The molecule has 0 N–H and O–H groups in total. The predicted molar refractivity (Wildman–Crippen MR) is 64.8 cm³/mol. The van der Waals surface area contributed by atoms with Gasteiger partial charge in [0.1, 0.15) is 0 Å². The Balaban J connectivity index is 2.58. The zero-order valence-corrected chi connectivity index (χ0v) is 9.41. The summed E-state index contributed by atoms with van der Waals surface area (Å²) in [6.07, 6.45) is 0. The van der Waals surface area contributed by atoms with Gasteiger partial charge in [-0.2, -0.15) is 0 Å². The van der Waals surface area contributed by atoms with Crippen LogP contribution in [0.15, 0.2) is 39.5 Å². The fourth-order valence-corrected chi connectivity index (χ4v) is 2.04. The SMILES string of the molecule is Cc1ccc2oc(=O)c3ccc([N+](=O)[O-])cc3n12. The van der Waals surface area contributed by atoms with Crippen LogP contribution in [0.25, 0.3) is 16.6 Å². The molecule has 2 aromatic heterocycles. The summed E-state index contributed by atoms with van der Waals surface area (Å²) in [4.78, 5) is 22.0. The van der Waals surface area contributed by atoms with E-state index in [4.69, 9.17) is 4.42 Å². The smallest absolute Gasteiger partial charge is 0.346 e. The van der Waals surface area contributed by atoms with Gasteiger partial charge in [-0.15, -0.1) is 0 Å². The number of fused-ring (bicyclic) bond motifs is 3. The molecule has 3 aromatic rings. The van der Waals surface area contributed by atoms with E-state index < -0.39 is 10.5 Å². The Bertz CT molecular complexity index is 844. The maximum atomic E-state index is 11.7. The Morgan fingerprint density at radius 3 is 2.78 bits per heavy atom. The van der Waals surface area contributed by atoms with Gasteiger partial charge >= 0.3 is 5.63 Å². The molecule has 0 amide bonds. The maximum absolute atomic E-state index is 11.7. The molecule has 0 spiro atoms. The molecule has 2 heterocycles. The van der Waals surface area contributed by atoms with Gasteiger partial charge in [0.05, 0.1) is 15.8 Å². The number of rotatable bonds is 1.